The summed E-state index contributed by atoms with van der Waals surface area (Å²) in [6.45, 7) is 0.903. The van der Waals surface area contributed by atoms with Crippen molar-refractivity contribution in [2.24, 2.45) is 0 Å². The molecule has 4 nitrogen and oxygen atoms in total. The number of anilines is 1. The van der Waals surface area contributed by atoms with Gasteiger partial charge in [-0.05, 0) is 47.9 Å². The van der Waals surface area contributed by atoms with E-state index in [0.717, 1.165) is 41.0 Å². The van der Waals surface area contributed by atoms with Crippen molar-refractivity contribution in [2.75, 3.05) is 19.0 Å². The van der Waals surface area contributed by atoms with E-state index in [0.29, 0.717) is 5.28 Å². The van der Waals surface area contributed by atoms with E-state index in [1.54, 1.807) is 7.11 Å². The van der Waals surface area contributed by atoms with E-state index in [9.17, 15) is 0 Å². The predicted molar refractivity (Wildman–Crippen MR) is 92.5 cm³/mol. The second-order valence-electron chi connectivity index (χ2n) is 5.62. The van der Waals surface area contributed by atoms with Gasteiger partial charge in [-0.1, -0.05) is 18.2 Å². The molecule has 0 saturated carbocycles. The Morgan fingerprint density at radius 2 is 2.04 bits per heavy atom. The van der Waals surface area contributed by atoms with Crippen LogP contribution in [-0.2, 0) is 0 Å². The van der Waals surface area contributed by atoms with Crippen molar-refractivity contribution in [3.63, 3.8) is 0 Å². The summed E-state index contributed by atoms with van der Waals surface area (Å²) in [5.41, 5.74) is 4.18. The SMILES string of the molecule is COc1ccc2c(c1)C(c1nc(Cl)nc3ccccc13)CCN2. The molecular weight excluding hydrogens is 310 g/mol. The molecule has 1 unspecified atom stereocenters. The molecule has 0 spiro atoms. The third kappa shape index (κ3) is 2.49. The number of hydrogen-bond donors (Lipinski definition) is 1. The molecule has 4 rings (SSSR count). The van der Waals surface area contributed by atoms with Gasteiger partial charge in [-0.15, -0.1) is 0 Å². The molecule has 2 aromatic carbocycles. The summed E-state index contributed by atoms with van der Waals surface area (Å²) in [6, 6.07) is 14.1. The molecule has 0 amide bonds. The lowest BCUT2D eigenvalue weighted by Crippen LogP contribution is -2.19. The number of methoxy groups -OCH3 is 1. The number of fused-ring (bicyclic) bond motifs is 2. The molecule has 0 aliphatic carbocycles. The standard InChI is InChI=1S/C18H16ClN3O/c1-23-11-6-7-15-14(10-11)12(8-9-20-15)17-13-4-2-3-5-16(13)21-18(19)22-17/h2-7,10,12,20H,8-9H2,1H3. The van der Waals surface area contributed by atoms with Crippen LogP contribution in [0.4, 0.5) is 5.69 Å². The van der Waals surface area contributed by atoms with Gasteiger partial charge in [0.2, 0.25) is 5.28 Å². The number of nitrogens with zero attached hydrogens (tertiary/aromatic N) is 2. The van der Waals surface area contributed by atoms with Crippen LogP contribution in [0, 0.1) is 0 Å². The lowest BCUT2D eigenvalue weighted by Gasteiger charge is -2.27. The summed E-state index contributed by atoms with van der Waals surface area (Å²) < 4.78 is 5.39. The normalized spacial score (nSPS) is 16.7. The highest BCUT2D eigenvalue weighted by molar-refractivity contribution is 6.28. The molecule has 5 heteroatoms. The molecule has 1 N–H and O–H groups in total. The maximum atomic E-state index is 6.17. The smallest absolute Gasteiger partial charge is 0.223 e. The summed E-state index contributed by atoms with van der Waals surface area (Å²) >= 11 is 6.17. The Morgan fingerprint density at radius 1 is 1.17 bits per heavy atom. The van der Waals surface area contributed by atoms with E-state index in [2.05, 4.69) is 33.5 Å². The summed E-state index contributed by atoms with van der Waals surface area (Å²) in [6.07, 6.45) is 0.956. The number of para-hydroxylation sites is 1. The zero-order valence-corrected chi connectivity index (χ0v) is 13.5. The largest absolute Gasteiger partial charge is 0.497 e. The molecule has 1 aliphatic rings. The first-order valence-electron chi connectivity index (χ1n) is 7.60. The van der Waals surface area contributed by atoms with Gasteiger partial charge in [0, 0.05) is 23.5 Å². The molecule has 1 atom stereocenters. The van der Waals surface area contributed by atoms with Crippen molar-refractivity contribution in [3.8, 4) is 5.75 Å². The number of halogens is 1. The summed E-state index contributed by atoms with van der Waals surface area (Å²) in [7, 11) is 1.68. The number of benzene rings is 2. The van der Waals surface area contributed by atoms with E-state index < -0.39 is 0 Å². The van der Waals surface area contributed by atoms with Gasteiger partial charge in [-0.25, -0.2) is 9.97 Å². The highest BCUT2D eigenvalue weighted by Gasteiger charge is 2.25. The van der Waals surface area contributed by atoms with E-state index in [-0.39, 0.29) is 5.92 Å². The van der Waals surface area contributed by atoms with Gasteiger partial charge >= 0.3 is 0 Å². The molecule has 0 fully saturated rings. The highest BCUT2D eigenvalue weighted by Crippen LogP contribution is 2.40. The number of nitrogens with one attached hydrogen (secondary N) is 1. The number of ether oxygens (including phenoxy) is 1. The van der Waals surface area contributed by atoms with Gasteiger partial charge in [0.1, 0.15) is 5.75 Å². The highest BCUT2D eigenvalue weighted by atomic mass is 35.5. The molecule has 1 aliphatic heterocycles. The van der Waals surface area contributed by atoms with Gasteiger partial charge in [0.25, 0.3) is 0 Å². The zero-order valence-electron chi connectivity index (χ0n) is 12.7. The lowest BCUT2D eigenvalue weighted by atomic mass is 9.86. The maximum Gasteiger partial charge on any atom is 0.223 e. The van der Waals surface area contributed by atoms with Crippen molar-refractivity contribution in [1.82, 2.24) is 9.97 Å². The Labute approximate surface area is 139 Å². The molecule has 1 aromatic heterocycles. The van der Waals surface area contributed by atoms with Crippen LogP contribution in [0.25, 0.3) is 10.9 Å². The van der Waals surface area contributed by atoms with E-state index >= 15 is 0 Å². The Morgan fingerprint density at radius 3 is 2.91 bits per heavy atom. The summed E-state index contributed by atoms with van der Waals surface area (Å²) in [5.74, 6) is 1.02. The van der Waals surface area contributed by atoms with E-state index in [1.165, 1.54) is 5.56 Å². The fourth-order valence-electron chi connectivity index (χ4n) is 3.25. The molecular formula is C18H16ClN3O. The molecule has 0 saturated heterocycles. The van der Waals surface area contributed by atoms with Crippen LogP contribution in [0.2, 0.25) is 5.28 Å². The molecule has 3 aromatic rings. The topological polar surface area (TPSA) is 47.0 Å². The minimum atomic E-state index is 0.173. The van der Waals surface area contributed by atoms with Crippen LogP contribution in [0.1, 0.15) is 23.6 Å². The molecule has 0 radical (unpaired) electrons. The third-order valence-corrected chi connectivity index (χ3v) is 4.49. The molecule has 116 valence electrons. The molecule has 23 heavy (non-hydrogen) atoms. The van der Waals surface area contributed by atoms with Crippen molar-refractivity contribution >= 4 is 28.2 Å². The quantitative estimate of drug-likeness (QED) is 0.716. The zero-order chi connectivity index (χ0) is 15.8. The average molecular weight is 326 g/mol. The Bertz CT molecular complexity index is 881. The van der Waals surface area contributed by atoms with Crippen LogP contribution in [0.5, 0.6) is 5.75 Å². The van der Waals surface area contributed by atoms with E-state index in [1.807, 2.05) is 24.3 Å². The van der Waals surface area contributed by atoms with Gasteiger partial charge in [-0.3, -0.25) is 0 Å². The molecule has 0 bridgehead atoms. The Balaban J connectivity index is 1.93. The van der Waals surface area contributed by atoms with Crippen LogP contribution in [0.15, 0.2) is 42.5 Å². The minimum absolute atomic E-state index is 0.173. The first-order chi connectivity index (χ1) is 11.3. The van der Waals surface area contributed by atoms with Crippen molar-refractivity contribution < 1.29 is 4.74 Å². The number of hydrogen-bond acceptors (Lipinski definition) is 4. The maximum absolute atomic E-state index is 6.17. The average Bonchev–Trinajstić information content (AvgIpc) is 2.60. The summed E-state index contributed by atoms with van der Waals surface area (Å²) in [4.78, 5) is 8.90. The fourth-order valence-corrected chi connectivity index (χ4v) is 3.43. The first-order valence-corrected chi connectivity index (χ1v) is 7.98. The van der Waals surface area contributed by atoms with Gasteiger partial charge < -0.3 is 10.1 Å². The van der Waals surface area contributed by atoms with Crippen molar-refractivity contribution in [1.29, 1.82) is 0 Å². The van der Waals surface area contributed by atoms with Crippen LogP contribution >= 0.6 is 11.6 Å². The fraction of sp³-hybridized carbons (Fsp3) is 0.222. The second kappa shape index (κ2) is 5.70. The van der Waals surface area contributed by atoms with Gasteiger partial charge in [0.05, 0.1) is 18.3 Å². The lowest BCUT2D eigenvalue weighted by molar-refractivity contribution is 0.414. The molecule has 2 heterocycles. The third-order valence-electron chi connectivity index (χ3n) is 4.32. The Hall–Kier alpha value is -2.33. The van der Waals surface area contributed by atoms with Crippen LogP contribution < -0.4 is 10.1 Å². The Kier molecular flexibility index (Phi) is 3.54. The first kappa shape index (κ1) is 14.3. The van der Waals surface area contributed by atoms with Crippen molar-refractivity contribution in [2.45, 2.75) is 12.3 Å². The van der Waals surface area contributed by atoms with Crippen molar-refractivity contribution in [3.05, 3.63) is 59.0 Å². The van der Waals surface area contributed by atoms with Gasteiger partial charge in [-0.2, -0.15) is 0 Å². The summed E-state index contributed by atoms with van der Waals surface area (Å²) in [5, 5.41) is 4.79. The van der Waals surface area contributed by atoms with Gasteiger partial charge in [0.15, 0.2) is 0 Å². The predicted octanol–water partition coefficient (Wildman–Crippen LogP) is 4.24. The number of rotatable bonds is 2. The second-order valence-corrected chi connectivity index (χ2v) is 5.95. The minimum Gasteiger partial charge on any atom is -0.497 e. The monoisotopic (exact) mass is 325 g/mol. The van der Waals surface area contributed by atoms with E-state index in [4.69, 9.17) is 16.3 Å². The number of aromatic nitrogens is 2. The van der Waals surface area contributed by atoms with Crippen LogP contribution in [-0.4, -0.2) is 23.6 Å². The van der Waals surface area contributed by atoms with Crippen LogP contribution in [0.3, 0.4) is 0 Å².